The largest absolute Gasteiger partial charge is 0.444 e. The summed E-state index contributed by atoms with van der Waals surface area (Å²) < 4.78 is 45.0. The Kier molecular flexibility index (Phi) is 7.19. The van der Waals surface area contributed by atoms with E-state index in [-0.39, 0.29) is 16.8 Å². The quantitative estimate of drug-likeness (QED) is 0.418. The summed E-state index contributed by atoms with van der Waals surface area (Å²) in [5.41, 5.74) is 0.965. The van der Waals surface area contributed by atoms with Crippen LogP contribution in [0.15, 0.2) is 54.7 Å². The first-order valence-electron chi connectivity index (χ1n) is 10.8. The lowest BCUT2D eigenvalue weighted by Gasteiger charge is -2.19. The fraction of sp³-hybridized carbons (Fsp3) is 0.269. The Bertz CT molecular complexity index is 1250. The van der Waals surface area contributed by atoms with Crippen molar-refractivity contribution in [1.82, 2.24) is 4.98 Å². The van der Waals surface area contributed by atoms with E-state index in [4.69, 9.17) is 4.74 Å². The summed E-state index contributed by atoms with van der Waals surface area (Å²) in [6, 6.07) is 11.9. The average Bonchev–Trinajstić information content (AvgIpc) is 2.73. The normalized spacial score (nSPS) is 11.7. The molecule has 0 aliphatic rings. The minimum absolute atomic E-state index is 0.0253. The molecule has 0 saturated carbocycles. The van der Waals surface area contributed by atoms with Crippen LogP contribution in [0.3, 0.4) is 0 Å². The van der Waals surface area contributed by atoms with Crippen LogP contribution in [-0.2, 0) is 10.9 Å². The lowest BCUT2D eigenvalue weighted by atomic mass is 10.0. The number of anilines is 2. The van der Waals surface area contributed by atoms with Gasteiger partial charge in [0.2, 0.25) is 0 Å². The SMILES string of the molecule is Cc1cnc(-c2ccc(NC(=O)OC(C)(C)C)cc2)c(C(=O)Nc2ccc(C)c(C(F)(F)F)c2)c1. The summed E-state index contributed by atoms with van der Waals surface area (Å²) >= 11 is 0. The smallest absolute Gasteiger partial charge is 0.416 e. The molecule has 2 amide bonds. The summed E-state index contributed by atoms with van der Waals surface area (Å²) in [6.07, 6.45) is -3.54. The lowest BCUT2D eigenvalue weighted by molar-refractivity contribution is -0.138. The zero-order valence-electron chi connectivity index (χ0n) is 20.0. The third kappa shape index (κ3) is 6.81. The third-order valence-corrected chi connectivity index (χ3v) is 4.87. The van der Waals surface area contributed by atoms with Gasteiger partial charge in [-0.25, -0.2) is 4.79 Å². The predicted octanol–water partition coefficient (Wildman–Crippen LogP) is 6.98. The van der Waals surface area contributed by atoms with E-state index in [1.165, 1.54) is 19.1 Å². The average molecular weight is 486 g/mol. The van der Waals surface area contributed by atoms with Crippen LogP contribution in [0.25, 0.3) is 11.3 Å². The first-order valence-corrected chi connectivity index (χ1v) is 10.8. The van der Waals surface area contributed by atoms with Gasteiger partial charge in [-0.05, 0) is 76.1 Å². The zero-order valence-corrected chi connectivity index (χ0v) is 20.0. The molecule has 9 heteroatoms. The highest BCUT2D eigenvalue weighted by Crippen LogP contribution is 2.34. The topological polar surface area (TPSA) is 80.3 Å². The van der Waals surface area contributed by atoms with Crippen molar-refractivity contribution < 1.29 is 27.5 Å². The van der Waals surface area contributed by atoms with Crippen LogP contribution in [0, 0.1) is 13.8 Å². The molecule has 0 unspecified atom stereocenters. The number of alkyl halides is 3. The molecule has 3 rings (SSSR count). The van der Waals surface area contributed by atoms with Crippen molar-refractivity contribution in [3.05, 3.63) is 77.0 Å². The van der Waals surface area contributed by atoms with Gasteiger partial charge in [0.15, 0.2) is 0 Å². The van der Waals surface area contributed by atoms with Crippen LogP contribution in [0.4, 0.5) is 29.3 Å². The molecule has 6 nitrogen and oxygen atoms in total. The molecule has 0 aliphatic heterocycles. The van der Waals surface area contributed by atoms with Gasteiger partial charge >= 0.3 is 12.3 Å². The number of nitrogens with zero attached hydrogens (tertiary/aromatic N) is 1. The van der Waals surface area contributed by atoms with Gasteiger partial charge in [-0.15, -0.1) is 0 Å². The molecule has 0 spiro atoms. The molecule has 184 valence electrons. The standard InChI is InChI=1S/C26H26F3N3O3/c1-15-12-20(23(33)31-19-9-6-16(2)21(13-19)26(27,28)29)22(30-14-15)17-7-10-18(11-8-17)32-24(34)35-25(3,4)5/h6-14H,1-5H3,(H,31,33)(H,32,34). The fourth-order valence-electron chi connectivity index (χ4n) is 3.31. The molecule has 35 heavy (non-hydrogen) atoms. The van der Waals surface area contributed by atoms with Crippen molar-refractivity contribution in [3.8, 4) is 11.3 Å². The van der Waals surface area contributed by atoms with Crippen LogP contribution < -0.4 is 10.6 Å². The second-order valence-corrected chi connectivity index (χ2v) is 9.09. The molecule has 0 fully saturated rings. The first-order chi connectivity index (χ1) is 16.2. The van der Waals surface area contributed by atoms with Gasteiger partial charge in [-0.1, -0.05) is 18.2 Å². The van der Waals surface area contributed by atoms with Crippen molar-refractivity contribution in [2.24, 2.45) is 0 Å². The summed E-state index contributed by atoms with van der Waals surface area (Å²) in [7, 11) is 0. The first kappa shape index (κ1) is 25.7. The van der Waals surface area contributed by atoms with Crippen molar-refractivity contribution in [2.45, 2.75) is 46.4 Å². The van der Waals surface area contributed by atoms with Crippen LogP contribution in [-0.4, -0.2) is 22.6 Å². The molecule has 1 aromatic heterocycles. The van der Waals surface area contributed by atoms with Gasteiger partial charge in [0.1, 0.15) is 5.60 Å². The van der Waals surface area contributed by atoms with E-state index in [1.807, 2.05) is 0 Å². The fourth-order valence-corrected chi connectivity index (χ4v) is 3.31. The maximum atomic E-state index is 13.3. The van der Waals surface area contributed by atoms with Gasteiger partial charge in [0, 0.05) is 23.1 Å². The number of ether oxygens (including phenoxy) is 1. The predicted molar refractivity (Wildman–Crippen MR) is 128 cm³/mol. The molecule has 1 heterocycles. The number of amides is 2. The van der Waals surface area contributed by atoms with E-state index < -0.39 is 29.3 Å². The molecular formula is C26H26F3N3O3. The van der Waals surface area contributed by atoms with Crippen molar-refractivity contribution in [3.63, 3.8) is 0 Å². The summed E-state index contributed by atoms with van der Waals surface area (Å²) in [5, 5.41) is 5.17. The monoisotopic (exact) mass is 485 g/mol. The number of halogens is 3. The van der Waals surface area contributed by atoms with Crippen LogP contribution in [0.2, 0.25) is 0 Å². The number of aromatic nitrogens is 1. The molecule has 0 aliphatic carbocycles. The molecule has 3 aromatic rings. The van der Waals surface area contributed by atoms with Crippen LogP contribution in [0.1, 0.15) is 47.8 Å². The lowest BCUT2D eigenvalue weighted by Crippen LogP contribution is -2.27. The minimum Gasteiger partial charge on any atom is -0.444 e. The Hall–Kier alpha value is -3.88. The van der Waals surface area contributed by atoms with Crippen LogP contribution >= 0.6 is 0 Å². The number of rotatable bonds is 4. The van der Waals surface area contributed by atoms with E-state index >= 15 is 0 Å². The summed E-state index contributed by atoms with van der Waals surface area (Å²) in [6.45, 7) is 8.39. The van der Waals surface area contributed by atoms with Crippen molar-refractivity contribution in [2.75, 3.05) is 10.6 Å². The Morgan fingerprint density at radius 3 is 2.11 bits per heavy atom. The number of hydrogen-bond donors (Lipinski definition) is 2. The number of carbonyl (C=O) groups excluding carboxylic acids is 2. The van der Waals surface area contributed by atoms with E-state index in [0.717, 1.165) is 6.07 Å². The summed E-state index contributed by atoms with van der Waals surface area (Å²) in [4.78, 5) is 29.4. The molecule has 0 radical (unpaired) electrons. The molecule has 0 atom stereocenters. The van der Waals surface area contributed by atoms with Gasteiger partial charge in [0.05, 0.1) is 16.8 Å². The van der Waals surface area contributed by atoms with Crippen molar-refractivity contribution in [1.29, 1.82) is 0 Å². The number of benzene rings is 2. The van der Waals surface area contributed by atoms with E-state index in [1.54, 1.807) is 64.2 Å². The molecule has 2 aromatic carbocycles. The highest BCUT2D eigenvalue weighted by molar-refractivity contribution is 6.08. The second kappa shape index (κ2) is 9.77. The van der Waals surface area contributed by atoms with E-state index in [9.17, 15) is 22.8 Å². The highest BCUT2D eigenvalue weighted by Gasteiger charge is 2.32. The Morgan fingerprint density at radius 1 is 0.886 bits per heavy atom. The number of pyridine rings is 1. The number of hydrogen-bond acceptors (Lipinski definition) is 4. The number of carbonyl (C=O) groups is 2. The van der Waals surface area contributed by atoms with E-state index in [2.05, 4.69) is 15.6 Å². The summed E-state index contributed by atoms with van der Waals surface area (Å²) in [5.74, 6) is -0.593. The Morgan fingerprint density at radius 2 is 1.51 bits per heavy atom. The maximum absolute atomic E-state index is 13.3. The minimum atomic E-state index is -4.53. The molecule has 0 bridgehead atoms. The van der Waals surface area contributed by atoms with Gasteiger partial charge in [-0.2, -0.15) is 13.2 Å². The highest BCUT2D eigenvalue weighted by atomic mass is 19.4. The molecular weight excluding hydrogens is 459 g/mol. The van der Waals surface area contributed by atoms with Crippen LogP contribution in [0.5, 0.6) is 0 Å². The second-order valence-electron chi connectivity index (χ2n) is 9.09. The van der Waals surface area contributed by atoms with Crippen molar-refractivity contribution >= 4 is 23.4 Å². The maximum Gasteiger partial charge on any atom is 0.416 e. The Labute approximate surface area is 201 Å². The third-order valence-electron chi connectivity index (χ3n) is 4.87. The zero-order chi connectivity index (χ0) is 26.0. The molecule has 2 N–H and O–H groups in total. The van der Waals surface area contributed by atoms with Gasteiger partial charge < -0.3 is 10.1 Å². The Balaban J connectivity index is 1.86. The van der Waals surface area contributed by atoms with Gasteiger partial charge in [-0.3, -0.25) is 15.1 Å². The molecule has 0 saturated heterocycles. The van der Waals surface area contributed by atoms with Gasteiger partial charge in [0.25, 0.3) is 5.91 Å². The number of aryl methyl sites for hydroxylation is 2. The number of nitrogens with one attached hydrogen (secondary N) is 2. The van der Waals surface area contributed by atoms with E-state index in [0.29, 0.717) is 22.5 Å².